The van der Waals surface area contributed by atoms with Gasteiger partial charge in [0.15, 0.2) is 3.95 Å². The summed E-state index contributed by atoms with van der Waals surface area (Å²) >= 11 is 9.39. The molecule has 84 valence electrons. The van der Waals surface area contributed by atoms with Crippen molar-refractivity contribution in [2.75, 3.05) is 5.32 Å². The third-order valence-electron chi connectivity index (χ3n) is 1.95. The quantitative estimate of drug-likeness (QED) is 0.817. The van der Waals surface area contributed by atoms with E-state index in [1.54, 1.807) is 6.07 Å². The maximum Gasteiger partial charge on any atom is 0.208 e. The zero-order chi connectivity index (χ0) is 11.7. The first kappa shape index (κ1) is 11.7. The molecule has 1 aromatic heterocycles. The number of rotatable bonds is 2. The van der Waals surface area contributed by atoms with Gasteiger partial charge in [0.05, 0.1) is 4.47 Å². The number of nitrogens with zero attached hydrogens (tertiary/aromatic N) is 1. The highest BCUT2D eigenvalue weighted by molar-refractivity contribution is 9.10. The molecule has 7 heteroatoms. The number of hydrogen-bond acceptors (Lipinski definition) is 4. The Morgan fingerprint density at radius 2 is 2.31 bits per heavy atom. The predicted octanol–water partition coefficient (Wildman–Crippen LogP) is 4.15. The van der Waals surface area contributed by atoms with E-state index in [4.69, 9.17) is 12.2 Å². The number of nitrogens with one attached hydrogen (secondary N) is 2. The zero-order valence-electron chi connectivity index (χ0n) is 8.17. The van der Waals surface area contributed by atoms with Crippen LogP contribution in [0, 0.1) is 16.7 Å². The molecule has 0 unspecified atom stereocenters. The van der Waals surface area contributed by atoms with Gasteiger partial charge in [-0.2, -0.15) is 0 Å². The summed E-state index contributed by atoms with van der Waals surface area (Å²) in [7, 11) is 0. The molecule has 2 N–H and O–H groups in total. The number of anilines is 2. The van der Waals surface area contributed by atoms with Gasteiger partial charge in [-0.3, -0.25) is 5.10 Å². The number of benzene rings is 1. The van der Waals surface area contributed by atoms with E-state index in [1.807, 2.05) is 6.92 Å². The van der Waals surface area contributed by atoms with Crippen molar-refractivity contribution < 1.29 is 4.39 Å². The fourth-order valence-corrected chi connectivity index (χ4v) is 2.32. The van der Waals surface area contributed by atoms with Gasteiger partial charge in [-0.05, 0) is 52.8 Å². The van der Waals surface area contributed by atoms with Crippen molar-refractivity contribution in [3.05, 3.63) is 31.9 Å². The van der Waals surface area contributed by atoms with Crippen LogP contribution in [-0.4, -0.2) is 10.2 Å². The minimum atomic E-state index is -0.280. The first-order chi connectivity index (χ1) is 7.56. The molecule has 1 heterocycles. The Morgan fingerprint density at radius 1 is 1.56 bits per heavy atom. The molecule has 0 spiro atoms. The Balaban J connectivity index is 2.34. The highest BCUT2D eigenvalue weighted by Crippen LogP contribution is 2.27. The lowest BCUT2D eigenvalue weighted by molar-refractivity contribution is 0.620. The Bertz CT molecular complexity index is 578. The monoisotopic (exact) mass is 319 g/mol. The first-order valence-electron chi connectivity index (χ1n) is 4.34. The number of H-pyrrole nitrogens is 1. The van der Waals surface area contributed by atoms with Crippen LogP contribution in [0.1, 0.15) is 5.56 Å². The van der Waals surface area contributed by atoms with Gasteiger partial charge in [0, 0.05) is 5.69 Å². The molecule has 0 amide bonds. The van der Waals surface area contributed by atoms with Crippen LogP contribution in [0.3, 0.4) is 0 Å². The molecule has 0 aliphatic carbocycles. The molecule has 0 radical (unpaired) electrons. The van der Waals surface area contributed by atoms with Gasteiger partial charge >= 0.3 is 0 Å². The molecule has 3 nitrogen and oxygen atoms in total. The summed E-state index contributed by atoms with van der Waals surface area (Å²) in [6.07, 6.45) is 0. The largest absolute Gasteiger partial charge is 0.330 e. The van der Waals surface area contributed by atoms with Crippen LogP contribution < -0.4 is 5.32 Å². The van der Waals surface area contributed by atoms with Crippen molar-refractivity contribution in [3.8, 4) is 0 Å². The van der Waals surface area contributed by atoms with E-state index in [-0.39, 0.29) is 5.82 Å². The molecule has 16 heavy (non-hydrogen) atoms. The topological polar surface area (TPSA) is 40.7 Å². The van der Waals surface area contributed by atoms with E-state index in [2.05, 4.69) is 31.4 Å². The van der Waals surface area contributed by atoms with Crippen molar-refractivity contribution in [2.24, 2.45) is 0 Å². The van der Waals surface area contributed by atoms with Crippen molar-refractivity contribution in [2.45, 2.75) is 6.92 Å². The zero-order valence-corrected chi connectivity index (χ0v) is 11.4. The fraction of sp³-hybridized carbons (Fsp3) is 0.111. The smallest absolute Gasteiger partial charge is 0.208 e. The van der Waals surface area contributed by atoms with Gasteiger partial charge < -0.3 is 5.32 Å². The Kier molecular flexibility index (Phi) is 3.36. The molecule has 2 rings (SSSR count). The third-order valence-corrected chi connectivity index (χ3v) is 3.56. The van der Waals surface area contributed by atoms with Gasteiger partial charge in [0.2, 0.25) is 5.13 Å². The van der Waals surface area contributed by atoms with Crippen molar-refractivity contribution >= 4 is 50.3 Å². The van der Waals surface area contributed by atoms with Crippen LogP contribution in [-0.2, 0) is 0 Å². The van der Waals surface area contributed by atoms with Gasteiger partial charge in [-0.1, -0.05) is 11.3 Å². The van der Waals surface area contributed by atoms with Crippen LogP contribution in [0.4, 0.5) is 15.2 Å². The molecule has 0 aliphatic rings. The summed E-state index contributed by atoms with van der Waals surface area (Å²) in [5.41, 5.74) is 1.60. The maximum absolute atomic E-state index is 13.2. The lowest BCUT2D eigenvalue weighted by Crippen LogP contribution is -1.94. The van der Waals surface area contributed by atoms with Crippen molar-refractivity contribution in [1.29, 1.82) is 0 Å². The summed E-state index contributed by atoms with van der Waals surface area (Å²) in [4.78, 5) is 0. The molecular weight excluding hydrogens is 313 g/mol. The summed E-state index contributed by atoms with van der Waals surface area (Å²) in [5, 5.41) is 10.4. The van der Waals surface area contributed by atoms with Crippen LogP contribution >= 0.6 is 39.5 Å². The lowest BCUT2D eigenvalue weighted by Gasteiger charge is -2.07. The first-order valence-corrected chi connectivity index (χ1v) is 6.36. The van der Waals surface area contributed by atoms with Crippen molar-refractivity contribution in [1.82, 2.24) is 10.2 Å². The number of aromatic amines is 1. The minimum Gasteiger partial charge on any atom is -0.330 e. The second-order valence-electron chi connectivity index (χ2n) is 3.12. The average Bonchev–Trinajstić information content (AvgIpc) is 2.60. The number of halogens is 2. The minimum absolute atomic E-state index is 0.280. The molecule has 0 atom stereocenters. The standard InChI is InChI=1S/C9H7BrFN3S2/c1-4-2-6(11)5(10)3-7(4)12-8-13-14-9(15)16-8/h2-3H,1H3,(H,12,13)(H,14,15). The summed E-state index contributed by atoms with van der Waals surface area (Å²) in [5.74, 6) is -0.280. The summed E-state index contributed by atoms with van der Waals surface area (Å²) < 4.78 is 14.2. The molecule has 0 fully saturated rings. The Hall–Kier alpha value is -0.790. The molecule has 0 aliphatic heterocycles. The van der Waals surface area contributed by atoms with Crippen LogP contribution in [0.5, 0.6) is 0 Å². The van der Waals surface area contributed by atoms with E-state index < -0.39 is 0 Å². The normalized spacial score (nSPS) is 10.4. The molecule has 0 saturated carbocycles. The van der Waals surface area contributed by atoms with E-state index in [0.29, 0.717) is 13.6 Å². The van der Waals surface area contributed by atoms with Gasteiger partial charge in [0.1, 0.15) is 5.82 Å². The third kappa shape index (κ3) is 2.47. The fourth-order valence-electron chi connectivity index (χ4n) is 1.18. The van der Waals surface area contributed by atoms with Gasteiger partial charge in [0.25, 0.3) is 0 Å². The maximum atomic E-state index is 13.2. The molecule has 0 bridgehead atoms. The van der Waals surface area contributed by atoms with Crippen molar-refractivity contribution in [3.63, 3.8) is 0 Å². The highest BCUT2D eigenvalue weighted by Gasteiger charge is 2.06. The second kappa shape index (κ2) is 4.60. The van der Waals surface area contributed by atoms with Crippen LogP contribution in [0.15, 0.2) is 16.6 Å². The number of hydrogen-bond donors (Lipinski definition) is 2. The number of aromatic nitrogens is 2. The van der Waals surface area contributed by atoms with Gasteiger partial charge in [-0.15, -0.1) is 5.10 Å². The van der Waals surface area contributed by atoms with E-state index in [9.17, 15) is 4.39 Å². The lowest BCUT2D eigenvalue weighted by atomic mass is 10.2. The highest BCUT2D eigenvalue weighted by atomic mass is 79.9. The van der Waals surface area contributed by atoms with E-state index >= 15 is 0 Å². The average molecular weight is 320 g/mol. The second-order valence-corrected chi connectivity index (χ2v) is 5.64. The van der Waals surface area contributed by atoms with E-state index in [1.165, 1.54) is 17.4 Å². The molecule has 1 aromatic carbocycles. The Morgan fingerprint density at radius 3 is 2.94 bits per heavy atom. The van der Waals surface area contributed by atoms with Gasteiger partial charge in [-0.25, -0.2) is 4.39 Å². The Labute approximate surface area is 109 Å². The SMILES string of the molecule is Cc1cc(F)c(Br)cc1Nc1n[nH]c(=S)s1. The molecular formula is C9H7BrFN3S2. The van der Waals surface area contributed by atoms with Crippen LogP contribution in [0.25, 0.3) is 0 Å². The molecule has 2 aromatic rings. The molecule has 0 saturated heterocycles. The number of aryl methyl sites for hydroxylation is 1. The summed E-state index contributed by atoms with van der Waals surface area (Å²) in [6.45, 7) is 1.82. The summed E-state index contributed by atoms with van der Waals surface area (Å²) in [6, 6.07) is 3.13. The predicted molar refractivity (Wildman–Crippen MR) is 69.4 cm³/mol. The van der Waals surface area contributed by atoms with Crippen LogP contribution in [0.2, 0.25) is 0 Å². The van der Waals surface area contributed by atoms with E-state index in [0.717, 1.165) is 11.3 Å².